The Morgan fingerprint density at radius 2 is 1.82 bits per heavy atom. The van der Waals surface area contributed by atoms with Crippen molar-refractivity contribution in [3.8, 4) is 0 Å². The fraction of sp³-hybridized carbons (Fsp3) is 0.421. The molecule has 152 valence electrons. The van der Waals surface area contributed by atoms with Crippen LogP contribution in [0.5, 0.6) is 0 Å². The number of nitrogens with one attached hydrogen (secondary N) is 2. The highest BCUT2D eigenvalue weighted by Gasteiger charge is 2.20. The summed E-state index contributed by atoms with van der Waals surface area (Å²) in [7, 11) is -0.612. The van der Waals surface area contributed by atoms with E-state index in [2.05, 4.69) is 14.9 Å². The molecule has 28 heavy (non-hydrogen) atoms. The van der Waals surface area contributed by atoms with Crippen LogP contribution in [0.4, 0.5) is 5.69 Å². The van der Waals surface area contributed by atoms with E-state index in [1.165, 1.54) is 23.9 Å². The number of hydrogen-bond donors (Lipinski definition) is 2. The van der Waals surface area contributed by atoms with Crippen LogP contribution in [-0.4, -0.2) is 52.2 Å². The maximum Gasteiger partial charge on any atom is 0.268 e. The number of nitrogens with zero attached hydrogens (tertiary/aromatic N) is 2. The van der Waals surface area contributed by atoms with Crippen LogP contribution in [0.25, 0.3) is 0 Å². The van der Waals surface area contributed by atoms with Gasteiger partial charge >= 0.3 is 0 Å². The van der Waals surface area contributed by atoms with Crippen molar-refractivity contribution in [2.45, 2.75) is 17.9 Å². The molecule has 1 aromatic heterocycles. The van der Waals surface area contributed by atoms with E-state index < -0.39 is 10.0 Å². The molecule has 0 radical (unpaired) electrons. The summed E-state index contributed by atoms with van der Waals surface area (Å²) in [4.78, 5) is 15.0. The number of amides is 1. The smallest absolute Gasteiger partial charge is 0.268 e. The second-order valence-corrected chi connectivity index (χ2v) is 8.65. The molecule has 8 nitrogen and oxygen atoms in total. The molecule has 1 aliphatic rings. The quantitative estimate of drug-likeness (QED) is 0.754. The Hall–Kier alpha value is -2.36. The number of anilines is 1. The zero-order chi connectivity index (χ0) is 20.3. The van der Waals surface area contributed by atoms with E-state index in [0.717, 1.165) is 37.6 Å². The van der Waals surface area contributed by atoms with Gasteiger partial charge in [-0.1, -0.05) is 12.1 Å². The lowest BCUT2D eigenvalue weighted by Gasteiger charge is -2.29. The van der Waals surface area contributed by atoms with Gasteiger partial charge in [0.2, 0.25) is 10.0 Å². The summed E-state index contributed by atoms with van der Waals surface area (Å²) in [6.45, 7) is 5.11. The van der Waals surface area contributed by atoms with E-state index in [1.807, 2.05) is 31.2 Å². The summed E-state index contributed by atoms with van der Waals surface area (Å²) in [5, 5.41) is 2.93. The van der Waals surface area contributed by atoms with Crippen molar-refractivity contribution in [3.63, 3.8) is 0 Å². The van der Waals surface area contributed by atoms with E-state index in [4.69, 9.17) is 4.74 Å². The number of ether oxygens (including phenoxy) is 1. The molecule has 1 aliphatic heterocycles. The first-order chi connectivity index (χ1) is 13.3. The molecule has 1 aromatic carbocycles. The van der Waals surface area contributed by atoms with Crippen molar-refractivity contribution < 1.29 is 17.9 Å². The third-order valence-corrected chi connectivity index (χ3v) is 6.29. The predicted octanol–water partition coefficient (Wildman–Crippen LogP) is 1.26. The minimum atomic E-state index is -3.59. The molecule has 1 saturated heterocycles. The summed E-state index contributed by atoms with van der Waals surface area (Å²) in [5.74, 6) is -0.329. The Balaban J connectivity index is 1.69. The Morgan fingerprint density at radius 1 is 1.18 bits per heavy atom. The van der Waals surface area contributed by atoms with Gasteiger partial charge in [-0.15, -0.1) is 0 Å². The van der Waals surface area contributed by atoms with E-state index in [-0.39, 0.29) is 22.5 Å². The molecular formula is C19H26N4O4S. The first kappa shape index (κ1) is 20.4. The Morgan fingerprint density at radius 3 is 2.43 bits per heavy atom. The molecule has 1 amide bonds. The van der Waals surface area contributed by atoms with E-state index in [0.29, 0.717) is 0 Å². The molecule has 0 bridgehead atoms. The molecule has 2 N–H and O–H groups in total. The summed E-state index contributed by atoms with van der Waals surface area (Å²) in [5.41, 5.74) is 2.39. The molecule has 1 unspecified atom stereocenters. The zero-order valence-corrected chi connectivity index (χ0v) is 17.1. The standard InChI is InChI=1S/C19H26N4O4S/c1-14(15-4-6-16(7-5-15)23-8-10-27-11-9-23)21-19(24)18-12-17(13-22(18)3)28(25,26)20-2/h4-7,12-14,20H,8-11H2,1-3H3,(H,21,24). The summed E-state index contributed by atoms with van der Waals surface area (Å²) in [6, 6.07) is 9.24. The van der Waals surface area contributed by atoms with Gasteiger partial charge in [-0.25, -0.2) is 13.1 Å². The number of aromatic nitrogens is 1. The SMILES string of the molecule is CNS(=O)(=O)c1cc(C(=O)NC(C)c2ccc(N3CCOCC3)cc2)n(C)c1. The maximum atomic E-state index is 12.6. The van der Waals surface area contributed by atoms with Crippen LogP contribution in [0, 0.1) is 0 Å². The van der Waals surface area contributed by atoms with Crippen molar-refractivity contribution in [2.24, 2.45) is 7.05 Å². The molecule has 2 aromatic rings. The monoisotopic (exact) mass is 406 g/mol. The number of sulfonamides is 1. The predicted molar refractivity (Wildman–Crippen MR) is 107 cm³/mol. The highest BCUT2D eigenvalue weighted by molar-refractivity contribution is 7.89. The van der Waals surface area contributed by atoms with Crippen molar-refractivity contribution in [2.75, 3.05) is 38.3 Å². The van der Waals surface area contributed by atoms with Crippen LogP contribution >= 0.6 is 0 Å². The molecule has 9 heteroatoms. The molecule has 0 spiro atoms. The number of hydrogen-bond acceptors (Lipinski definition) is 5. The third-order valence-electron chi connectivity index (χ3n) is 4.91. The highest BCUT2D eigenvalue weighted by atomic mass is 32.2. The number of carbonyl (C=O) groups is 1. The first-order valence-electron chi connectivity index (χ1n) is 9.15. The van der Waals surface area contributed by atoms with Gasteiger partial charge in [0.15, 0.2) is 0 Å². The van der Waals surface area contributed by atoms with Crippen molar-refractivity contribution in [1.29, 1.82) is 0 Å². The van der Waals surface area contributed by atoms with Crippen LogP contribution in [0.2, 0.25) is 0 Å². The Bertz CT molecular complexity index is 931. The zero-order valence-electron chi connectivity index (χ0n) is 16.3. The van der Waals surface area contributed by atoms with E-state index in [1.54, 1.807) is 7.05 Å². The van der Waals surface area contributed by atoms with Gasteiger partial charge in [0.1, 0.15) is 10.6 Å². The van der Waals surface area contributed by atoms with E-state index in [9.17, 15) is 13.2 Å². The Labute approximate surface area is 165 Å². The Kier molecular flexibility index (Phi) is 6.07. The lowest BCUT2D eigenvalue weighted by Crippen LogP contribution is -2.36. The molecule has 2 heterocycles. The van der Waals surface area contributed by atoms with Gasteiger partial charge in [0, 0.05) is 32.0 Å². The van der Waals surface area contributed by atoms with Crippen LogP contribution in [0.3, 0.4) is 0 Å². The first-order valence-corrected chi connectivity index (χ1v) is 10.6. The third kappa shape index (κ3) is 4.37. The topological polar surface area (TPSA) is 92.7 Å². The molecule has 0 aliphatic carbocycles. The van der Waals surface area contributed by atoms with Gasteiger partial charge in [-0.3, -0.25) is 4.79 Å². The van der Waals surface area contributed by atoms with Gasteiger partial charge in [-0.05, 0) is 37.7 Å². The van der Waals surface area contributed by atoms with Crippen LogP contribution in [-0.2, 0) is 21.8 Å². The minimum absolute atomic E-state index is 0.0603. The van der Waals surface area contributed by atoms with Crippen molar-refractivity contribution in [1.82, 2.24) is 14.6 Å². The van der Waals surface area contributed by atoms with Crippen LogP contribution in [0.15, 0.2) is 41.4 Å². The number of morpholine rings is 1. The lowest BCUT2D eigenvalue weighted by molar-refractivity contribution is 0.0931. The maximum absolute atomic E-state index is 12.6. The normalized spacial score (nSPS) is 16.0. The minimum Gasteiger partial charge on any atom is -0.378 e. The number of rotatable bonds is 6. The number of carbonyl (C=O) groups excluding carboxylic acids is 1. The molecular weight excluding hydrogens is 380 g/mol. The largest absolute Gasteiger partial charge is 0.378 e. The van der Waals surface area contributed by atoms with Crippen molar-refractivity contribution in [3.05, 3.63) is 47.8 Å². The molecule has 1 atom stereocenters. The number of aryl methyl sites for hydroxylation is 1. The fourth-order valence-corrected chi connectivity index (χ4v) is 3.97. The molecule has 3 rings (SSSR count). The summed E-state index contributed by atoms with van der Waals surface area (Å²) < 4.78 is 33.0. The lowest BCUT2D eigenvalue weighted by atomic mass is 10.1. The van der Waals surface area contributed by atoms with Gasteiger partial charge < -0.3 is 19.5 Å². The van der Waals surface area contributed by atoms with Crippen LogP contribution < -0.4 is 14.9 Å². The van der Waals surface area contributed by atoms with Gasteiger partial charge in [0.25, 0.3) is 5.91 Å². The average Bonchev–Trinajstić information content (AvgIpc) is 3.11. The molecule has 0 saturated carbocycles. The summed E-state index contributed by atoms with van der Waals surface area (Å²) >= 11 is 0. The van der Waals surface area contributed by atoms with Gasteiger partial charge in [-0.2, -0.15) is 0 Å². The van der Waals surface area contributed by atoms with E-state index >= 15 is 0 Å². The molecule has 1 fully saturated rings. The van der Waals surface area contributed by atoms with Crippen molar-refractivity contribution >= 4 is 21.6 Å². The second-order valence-electron chi connectivity index (χ2n) is 6.77. The fourth-order valence-electron chi connectivity index (χ4n) is 3.17. The second kappa shape index (κ2) is 8.34. The highest BCUT2D eigenvalue weighted by Crippen LogP contribution is 2.21. The van der Waals surface area contributed by atoms with Gasteiger partial charge in [0.05, 0.1) is 19.3 Å². The van der Waals surface area contributed by atoms with Crippen LogP contribution in [0.1, 0.15) is 29.0 Å². The summed E-state index contributed by atoms with van der Waals surface area (Å²) in [6.07, 6.45) is 1.42. The number of benzene rings is 1. The average molecular weight is 407 g/mol.